The molecule has 6 heteroatoms. The lowest BCUT2D eigenvalue weighted by Gasteiger charge is -2.08. The molecular weight excluding hydrogens is 320 g/mol. The molecule has 0 heterocycles. The Balaban J connectivity index is 2.27. The Labute approximate surface area is 135 Å². The SMILES string of the molecule is CC/C(=N\S(=O)(=O)c1ccc(C)cc1)Nc1ccc(Cl)cc1. The number of benzene rings is 2. The maximum absolute atomic E-state index is 12.3. The second kappa shape index (κ2) is 6.94. The van der Waals surface area contributed by atoms with Crippen molar-refractivity contribution in [3.05, 3.63) is 59.1 Å². The molecule has 0 unspecified atom stereocenters. The van der Waals surface area contributed by atoms with Crippen LogP contribution in [-0.2, 0) is 10.0 Å². The third-order valence-electron chi connectivity index (χ3n) is 3.02. The summed E-state index contributed by atoms with van der Waals surface area (Å²) in [5.74, 6) is 0.378. The van der Waals surface area contributed by atoms with Crippen LogP contribution in [0.1, 0.15) is 18.9 Å². The van der Waals surface area contributed by atoms with Gasteiger partial charge >= 0.3 is 0 Å². The van der Waals surface area contributed by atoms with E-state index in [4.69, 9.17) is 11.6 Å². The van der Waals surface area contributed by atoms with Crippen molar-refractivity contribution in [2.75, 3.05) is 5.32 Å². The summed E-state index contributed by atoms with van der Waals surface area (Å²) in [7, 11) is -3.72. The van der Waals surface area contributed by atoms with Crippen LogP contribution in [0.15, 0.2) is 57.8 Å². The minimum atomic E-state index is -3.72. The fraction of sp³-hybridized carbons (Fsp3) is 0.188. The summed E-state index contributed by atoms with van der Waals surface area (Å²) in [5, 5.41) is 3.62. The number of nitrogens with one attached hydrogen (secondary N) is 1. The number of rotatable bonds is 4. The zero-order chi connectivity index (χ0) is 16.2. The van der Waals surface area contributed by atoms with Gasteiger partial charge in [0.25, 0.3) is 10.0 Å². The molecule has 4 nitrogen and oxygen atoms in total. The Kier molecular flexibility index (Phi) is 5.21. The first-order valence-corrected chi connectivity index (χ1v) is 8.65. The van der Waals surface area contributed by atoms with Crippen molar-refractivity contribution in [1.82, 2.24) is 0 Å². The van der Waals surface area contributed by atoms with E-state index in [0.717, 1.165) is 11.3 Å². The second-order valence-corrected chi connectivity index (χ2v) is 6.85. The summed E-state index contributed by atoms with van der Waals surface area (Å²) in [6.45, 7) is 3.74. The van der Waals surface area contributed by atoms with Crippen molar-refractivity contribution >= 4 is 33.1 Å². The van der Waals surface area contributed by atoms with E-state index in [9.17, 15) is 8.42 Å². The van der Waals surface area contributed by atoms with Crippen LogP contribution in [0.5, 0.6) is 0 Å². The predicted octanol–water partition coefficient (Wildman–Crippen LogP) is 4.26. The number of aryl methyl sites for hydroxylation is 1. The number of sulfonamides is 1. The van der Waals surface area contributed by atoms with E-state index in [0.29, 0.717) is 17.3 Å². The van der Waals surface area contributed by atoms with Gasteiger partial charge in [-0.1, -0.05) is 36.2 Å². The summed E-state index contributed by atoms with van der Waals surface area (Å²) in [4.78, 5) is 0.182. The Morgan fingerprint density at radius 1 is 1.09 bits per heavy atom. The van der Waals surface area contributed by atoms with Gasteiger partial charge in [0.1, 0.15) is 5.84 Å². The number of hydrogen-bond donors (Lipinski definition) is 1. The molecule has 2 aromatic rings. The molecule has 0 aliphatic carbocycles. The Bertz CT molecular complexity index is 767. The molecule has 0 saturated heterocycles. The molecule has 22 heavy (non-hydrogen) atoms. The molecule has 2 rings (SSSR count). The van der Waals surface area contributed by atoms with Crippen LogP contribution in [0.2, 0.25) is 5.02 Å². The molecule has 0 aromatic heterocycles. The molecule has 0 atom stereocenters. The lowest BCUT2D eigenvalue weighted by atomic mass is 10.2. The molecule has 0 saturated carbocycles. The van der Waals surface area contributed by atoms with Crippen molar-refractivity contribution in [2.24, 2.45) is 4.40 Å². The average Bonchev–Trinajstić information content (AvgIpc) is 2.49. The predicted molar refractivity (Wildman–Crippen MR) is 91.2 cm³/mol. The van der Waals surface area contributed by atoms with Crippen molar-refractivity contribution in [1.29, 1.82) is 0 Å². The van der Waals surface area contributed by atoms with Crippen LogP contribution in [0.4, 0.5) is 5.69 Å². The van der Waals surface area contributed by atoms with E-state index in [1.165, 1.54) is 0 Å². The monoisotopic (exact) mass is 336 g/mol. The second-order valence-electron chi connectivity index (χ2n) is 4.81. The number of hydrogen-bond acceptors (Lipinski definition) is 2. The molecule has 0 bridgehead atoms. The van der Waals surface area contributed by atoms with E-state index in [-0.39, 0.29) is 4.90 Å². The number of amidine groups is 1. The first-order valence-electron chi connectivity index (χ1n) is 6.84. The van der Waals surface area contributed by atoms with Gasteiger partial charge < -0.3 is 5.32 Å². The van der Waals surface area contributed by atoms with Crippen molar-refractivity contribution in [3.63, 3.8) is 0 Å². The topological polar surface area (TPSA) is 58.5 Å². The highest BCUT2D eigenvalue weighted by atomic mass is 35.5. The normalized spacial score (nSPS) is 12.2. The fourth-order valence-electron chi connectivity index (χ4n) is 1.78. The smallest absolute Gasteiger partial charge is 0.283 e. The first kappa shape index (κ1) is 16.5. The third kappa shape index (κ3) is 4.32. The summed E-state index contributed by atoms with van der Waals surface area (Å²) >= 11 is 5.83. The van der Waals surface area contributed by atoms with Crippen LogP contribution in [0.3, 0.4) is 0 Å². The Morgan fingerprint density at radius 3 is 2.23 bits per heavy atom. The third-order valence-corrected chi connectivity index (χ3v) is 4.60. The van der Waals surface area contributed by atoms with Crippen LogP contribution in [-0.4, -0.2) is 14.3 Å². The zero-order valence-corrected chi connectivity index (χ0v) is 13.9. The molecule has 0 aliphatic rings. The summed E-state index contributed by atoms with van der Waals surface area (Å²) in [5.41, 5.74) is 1.74. The van der Waals surface area contributed by atoms with Gasteiger partial charge in [0.05, 0.1) is 4.90 Å². The van der Waals surface area contributed by atoms with Gasteiger partial charge in [0, 0.05) is 17.1 Å². The summed E-state index contributed by atoms with van der Waals surface area (Å²) in [6.07, 6.45) is 0.466. The number of halogens is 1. The minimum Gasteiger partial charge on any atom is -0.343 e. The molecule has 0 aliphatic heterocycles. The lowest BCUT2D eigenvalue weighted by molar-refractivity contribution is 0.598. The lowest BCUT2D eigenvalue weighted by Crippen LogP contribution is -2.13. The average molecular weight is 337 g/mol. The van der Waals surface area contributed by atoms with Crippen molar-refractivity contribution in [2.45, 2.75) is 25.2 Å². The van der Waals surface area contributed by atoms with E-state index in [1.807, 2.05) is 13.8 Å². The van der Waals surface area contributed by atoms with Crippen LogP contribution in [0, 0.1) is 6.92 Å². The van der Waals surface area contributed by atoms with Crippen LogP contribution < -0.4 is 5.32 Å². The molecule has 0 fully saturated rings. The van der Waals surface area contributed by atoms with E-state index in [2.05, 4.69) is 9.71 Å². The van der Waals surface area contributed by atoms with Gasteiger partial charge in [0.15, 0.2) is 0 Å². The Morgan fingerprint density at radius 2 is 1.68 bits per heavy atom. The number of nitrogens with zero attached hydrogens (tertiary/aromatic N) is 1. The largest absolute Gasteiger partial charge is 0.343 e. The van der Waals surface area contributed by atoms with Gasteiger partial charge in [-0.15, -0.1) is 4.40 Å². The Hall–Kier alpha value is -1.85. The number of anilines is 1. The molecular formula is C16H17ClN2O2S. The maximum atomic E-state index is 12.3. The van der Waals surface area contributed by atoms with E-state index in [1.54, 1.807) is 48.5 Å². The molecule has 116 valence electrons. The molecule has 0 amide bonds. The first-order chi connectivity index (χ1) is 10.4. The highest BCUT2D eigenvalue weighted by Crippen LogP contribution is 2.16. The van der Waals surface area contributed by atoms with E-state index >= 15 is 0 Å². The van der Waals surface area contributed by atoms with Crippen LogP contribution in [0.25, 0.3) is 0 Å². The molecule has 0 spiro atoms. The van der Waals surface area contributed by atoms with Gasteiger partial charge in [-0.05, 0) is 43.3 Å². The highest BCUT2D eigenvalue weighted by Gasteiger charge is 2.13. The van der Waals surface area contributed by atoms with Crippen molar-refractivity contribution in [3.8, 4) is 0 Å². The van der Waals surface area contributed by atoms with Crippen molar-refractivity contribution < 1.29 is 8.42 Å². The molecule has 1 N–H and O–H groups in total. The molecule has 2 aromatic carbocycles. The van der Waals surface area contributed by atoms with Gasteiger partial charge in [-0.25, -0.2) is 0 Å². The van der Waals surface area contributed by atoms with Gasteiger partial charge in [-0.2, -0.15) is 8.42 Å². The summed E-state index contributed by atoms with van der Waals surface area (Å²) < 4.78 is 28.5. The fourth-order valence-corrected chi connectivity index (χ4v) is 2.96. The standard InChI is InChI=1S/C16H17ClN2O2S/c1-3-16(18-14-8-6-13(17)7-9-14)19-22(20,21)15-10-4-12(2)5-11-15/h4-11H,3H2,1-2H3,(H,18,19). The molecule has 0 radical (unpaired) electrons. The quantitative estimate of drug-likeness (QED) is 0.670. The van der Waals surface area contributed by atoms with Crippen LogP contribution >= 0.6 is 11.6 Å². The zero-order valence-electron chi connectivity index (χ0n) is 12.4. The van der Waals surface area contributed by atoms with Gasteiger partial charge in [-0.3, -0.25) is 0 Å². The van der Waals surface area contributed by atoms with E-state index < -0.39 is 10.0 Å². The maximum Gasteiger partial charge on any atom is 0.283 e. The summed E-state index contributed by atoms with van der Waals surface area (Å²) in [6, 6.07) is 13.6. The highest BCUT2D eigenvalue weighted by molar-refractivity contribution is 7.90. The minimum absolute atomic E-state index is 0.182. The van der Waals surface area contributed by atoms with Gasteiger partial charge in [0.2, 0.25) is 0 Å².